The molecule has 1 aromatic rings. The van der Waals surface area contributed by atoms with E-state index < -0.39 is 23.2 Å². The minimum absolute atomic E-state index is 0.0607. The molecule has 8 heteroatoms. The van der Waals surface area contributed by atoms with Gasteiger partial charge in [-0.3, -0.25) is 4.79 Å². The van der Waals surface area contributed by atoms with Crippen LogP contribution in [0.5, 0.6) is 0 Å². The van der Waals surface area contributed by atoms with Gasteiger partial charge in [0.25, 0.3) is 0 Å². The van der Waals surface area contributed by atoms with E-state index in [0.29, 0.717) is 12.8 Å². The second-order valence-electron chi connectivity index (χ2n) is 5.50. The number of nitrogens with zero attached hydrogens (tertiary/aromatic N) is 1. The summed E-state index contributed by atoms with van der Waals surface area (Å²) in [6.45, 7) is -0.192. The molecule has 0 bridgehead atoms. The third-order valence-electron chi connectivity index (χ3n) is 3.77. The number of benzene rings is 1. The Morgan fingerprint density at radius 1 is 1.35 bits per heavy atom. The van der Waals surface area contributed by atoms with Gasteiger partial charge in [0.1, 0.15) is 5.54 Å². The molecule has 0 spiro atoms. The van der Waals surface area contributed by atoms with Crippen molar-refractivity contribution in [2.45, 2.75) is 37.4 Å². The van der Waals surface area contributed by atoms with E-state index in [1.807, 2.05) is 0 Å². The third kappa shape index (κ3) is 4.38. The highest BCUT2D eigenvalue weighted by Gasteiger charge is 2.35. The lowest BCUT2D eigenvalue weighted by Gasteiger charge is -2.22. The number of hydrogen-bond acceptors (Lipinski definition) is 3. The van der Waals surface area contributed by atoms with Crippen molar-refractivity contribution in [1.29, 1.82) is 5.26 Å². The first kappa shape index (κ1) is 17.6. The number of hydrogen-bond donors (Lipinski definition) is 2. The van der Waals surface area contributed by atoms with Crippen molar-refractivity contribution in [1.82, 2.24) is 5.32 Å². The standard InChI is InChI=1S/C15H15BrF3N3O/c16-12-4-3-10(7-11(12)15(17,18)19)21-8-13(23)22-14(9-20)5-1-2-6-14/h3-4,7,21H,1-2,5-6,8H2,(H,22,23). The Hall–Kier alpha value is -1.75. The SMILES string of the molecule is N#CC1(NC(=O)CNc2ccc(Br)c(C(F)(F)F)c2)CCCC1. The molecule has 1 fully saturated rings. The molecule has 0 heterocycles. The van der Waals surface area contributed by atoms with Crippen molar-refractivity contribution < 1.29 is 18.0 Å². The van der Waals surface area contributed by atoms with Gasteiger partial charge in [0.2, 0.25) is 5.91 Å². The highest BCUT2D eigenvalue weighted by Crippen LogP contribution is 2.36. The molecule has 0 aliphatic heterocycles. The molecule has 0 unspecified atom stereocenters. The van der Waals surface area contributed by atoms with Gasteiger partial charge in [-0.2, -0.15) is 18.4 Å². The van der Waals surface area contributed by atoms with E-state index in [4.69, 9.17) is 0 Å². The van der Waals surface area contributed by atoms with Crippen molar-refractivity contribution >= 4 is 27.5 Å². The fraction of sp³-hybridized carbons (Fsp3) is 0.467. The summed E-state index contributed by atoms with van der Waals surface area (Å²) in [4.78, 5) is 11.9. The molecular formula is C15H15BrF3N3O. The number of rotatable bonds is 4. The zero-order valence-corrected chi connectivity index (χ0v) is 13.7. The molecule has 1 aromatic carbocycles. The number of alkyl halides is 3. The Morgan fingerprint density at radius 2 is 2.00 bits per heavy atom. The fourth-order valence-electron chi connectivity index (χ4n) is 2.59. The molecule has 2 N–H and O–H groups in total. The molecule has 0 saturated heterocycles. The van der Waals surface area contributed by atoms with Gasteiger partial charge in [0, 0.05) is 10.2 Å². The lowest BCUT2D eigenvalue weighted by Crippen LogP contribution is -2.47. The van der Waals surface area contributed by atoms with E-state index in [1.165, 1.54) is 12.1 Å². The fourth-order valence-corrected chi connectivity index (χ4v) is 3.06. The van der Waals surface area contributed by atoms with Crippen LogP contribution in [0.15, 0.2) is 22.7 Å². The molecule has 4 nitrogen and oxygen atoms in total. The quantitative estimate of drug-likeness (QED) is 0.822. The van der Waals surface area contributed by atoms with Crippen LogP contribution in [0.4, 0.5) is 18.9 Å². The molecule has 23 heavy (non-hydrogen) atoms. The first-order valence-electron chi connectivity index (χ1n) is 7.09. The highest BCUT2D eigenvalue weighted by molar-refractivity contribution is 9.10. The van der Waals surface area contributed by atoms with Crippen molar-refractivity contribution in [2.24, 2.45) is 0 Å². The minimum Gasteiger partial charge on any atom is -0.376 e. The van der Waals surface area contributed by atoms with Gasteiger partial charge in [-0.1, -0.05) is 15.9 Å². The topological polar surface area (TPSA) is 64.9 Å². The van der Waals surface area contributed by atoms with Crippen LogP contribution in [0.25, 0.3) is 0 Å². The summed E-state index contributed by atoms with van der Waals surface area (Å²) >= 11 is 2.86. The van der Waals surface area contributed by atoms with E-state index in [-0.39, 0.29) is 16.7 Å². The van der Waals surface area contributed by atoms with Gasteiger partial charge < -0.3 is 10.6 Å². The number of amides is 1. The molecule has 0 aromatic heterocycles. The van der Waals surface area contributed by atoms with Crippen LogP contribution in [-0.4, -0.2) is 18.0 Å². The molecule has 1 saturated carbocycles. The maximum atomic E-state index is 12.8. The summed E-state index contributed by atoms with van der Waals surface area (Å²) in [7, 11) is 0. The van der Waals surface area contributed by atoms with Crippen LogP contribution in [0, 0.1) is 11.3 Å². The lowest BCUT2D eigenvalue weighted by atomic mass is 10.00. The summed E-state index contributed by atoms with van der Waals surface area (Å²) in [6, 6.07) is 5.79. The number of nitriles is 1. The normalized spacial score (nSPS) is 16.7. The molecule has 2 rings (SSSR count). The van der Waals surface area contributed by atoms with Gasteiger partial charge in [0.05, 0.1) is 18.2 Å². The van der Waals surface area contributed by atoms with E-state index in [0.717, 1.165) is 18.9 Å². The molecule has 1 amide bonds. The molecule has 0 atom stereocenters. The molecular weight excluding hydrogens is 375 g/mol. The number of carbonyl (C=O) groups excluding carboxylic acids is 1. The number of carbonyl (C=O) groups is 1. The number of anilines is 1. The number of nitrogens with one attached hydrogen (secondary N) is 2. The maximum Gasteiger partial charge on any atom is 0.417 e. The summed E-state index contributed by atoms with van der Waals surface area (Å²) in [5.41, 5.74) is -1.46. The third-order valence-corrected chi connectivity index (χ3v) is 4.47. The zero-order valence-electron chi connectivity index (χ0n) is 12.1. The largest absolute Gasteiger partial charge is 0.417 e. The first-order chi connectivity index (χ1) is 10.8. The first-order valence-corrected chi connectivity index (χ1v) is 7.88. The van der Waals surface area contributed by atoms with E-state index in [2.05, 4.69) is 32.6 Å². The van der Waals surface area contributed by atoms with E-state index in [9.17, 15) is 23.2 Å². The van der Waals surface area contributed by atoms with Crippen LogP contribution in [0.3, 0.4) is 0 Å². The van der Waals surface area contributed by atoms with Gasteiger partial charge in [-0.25, -0.2) is 0 Å². The Balaban J connectivity index is 1.98. The second-order valence-corrected chi connectivity index (χ2v) is 6.35. The Labute approximate surface area is 140 Å². The van der Waals surface area contributed by atoms with Gasteiger partial charge >= 0.3 is 6.18 Å². The van der Waals surface area contributed by atoms with Crippen molar-refractivity contribution in [2.75, 3.05) is 11.9 Å². The van der Waals surface area contributed by atoms with Crippen LogP contribution < -0.4 is 10.6 Å². The summed E-state index contributed by atoms with van der Waals surface area (Å²) in [6.07, 6.45) is -1.52. The minimum atomic E-state index is -4.48. The Morgan fingerprint density at radius 3 is 2.57 bits per heavy atom. The van der Waals surface area contributed by atoms with E-state index >= 15 is 0 Å². The van der Waals surface area contributed by atoms with Gasteiger partial charge in [0.15, 0.2) is 0 Å². The molecule has 1 aliphatic rings. The second kappa shape index (κ2) is 6.79. The summed E-state index contributed by atoms with van der Waals surface area (Å²) in [5, 5.41) is 14.5. The van der Waals surface area contributed by atoms with Gasteiger partial charge in [-0.05, 0) is 43.9 Å². The van der Waals surface area contributed by atoms with Crippen LogP contribution in [-0.2, 0) is 11.0 Å². The maximum absolute atomic E-state index is 12.8. The Kier molecular flexibility index (Phi) is 5.19. The zero-order chi connectivity index (χ0) is 17.1. The molecule has 124 valence electrons. The van der Waals surface area contributed by atoms with E-state index in [1.54, 1.807) is 0 Å². The summed E-state index contributed by atoms with van der Waals surface area (Å²) < 4.78 is 38.4. The summed E-state index contributed by atoms with van der Waals surface area (Å²) in [5.74, 6) is -0.412. The predicted molar refractivity (Wildman–Crippen MR) is 82.6 cm³/mol. The van der Waals surface area contributed by atoms with Crippen LogP contribution >= 0.6 is 15.9 Å². The average molecular weight is 390 g/mol. The Bertz CT molecular complexity index is 634. The van der Waals surface area contributed by atoms with Crippen LogP contribution in [0.1, 0.15) is 31.2 Å². The molecule has 1 aliphatic carbocycles. The smallest absolute Gasteiger partial charge is 0.376 e. The van der Waals surface area contributed by atoms with Crippen molar-refractivity contribution in [3.63, 3.8) is 0 Å². The number of halogens is 4. The highest BCUT2D eigenvalue weighted by atomic mass is 79.9. The predicted octanol–water partition coefficient (Wildman–Crippen LogP) is 3.83. The molecule has 0 radical (unpaired) electrons. The van der Waals surface area contributed by atoms with Crippen molar-refractivity contribution in [3.05, 3.63) is 28.2 Å². The van der Waals surface area contributed by atoms with Crippen LogP contribution in [0.2, 0.25) is 0 Å². The van der Waals surface area contributed by atoms with Gasteiger partial charge in [-0.15, -0.1) is 0 Å². The van der Waals surface area contributed by atoms with Crippen molar-refractivity contribution in [3.8, 4) is 6.07 Å². The lowest BCUT2D eigenvalue weighted by molar-refractivity contribution is -0.138. The monoisotopic (exact) mass is 389 g/mol. The average Bonchev–Trinajstić information content (AvgIpc) is 2.94.